The summed E-state index contributed by atoms with van der Waals surface area (Å²) >= 11 is 0. The van der Waals surface area contributed by atoms with Gasteiger partial charge in [0, 0.05) is 19.7 Å². The van der Waals surface area contributed by atoms with Crippen molar-refractivity contribution in [3.63, 3.8) is 0 Å². The molecular formula is C11H14N4O2. The van der Waals surface area contributed by atoms with Crippen LogP contribution in [0.2, 0.25) is 0 Å². The van der Waals surface area contributed by atoms with Crippen molar-refractivity contribution in [1.29, 1.82) is 0 Å². The van der Waals surface area contributed by atoms with E-state index in [2.05, 4.69) is 15.1 Å². The maximum Gasteiger partial charge on any atom is 0.232 e. The molecule has 0 unspecified atom stereocenters. The molecule has 1 N–H and O–H groups in total. The van der Waals surface area contributed by atoms with Gasteiger partial charge in [0.15, 0.2) is 0 Å². The highest BCUT2D eigenvalue weighted by Crippen LogP contribution is 2.23. The average Bonchev–Trinajstić information content (AvgIpc) is 2.66. The van der Waals surface area contributed by atoms with Crippen LogP contribution in [-0.2, 0) is 18.4 Å². The Labute approximate surface area is 98.9 Å². The van der Waals surface area contributed by atoms with Crippen LogP contribution in [0.1, 0.15) is 11.4 Å². The molecule has 0 saturated carbocycles. The maximum atomic E-state index is 9.35. The molecular weight excluding hydrogens is 220 g/mol. The molecule has 6 heteroatoms. The van der Waals surface area contributed by atoms with Crippen LogP contribution in [0.15, 0.2) is 12.4 Å². The minimum Gasteiger partial charge on any atom is -0.492 e. The zero-order chi connectivity index (χ0) is 12.4. The van der Waals surface area contributed by atoms with Crippen molar-refractivity contribution in [1.82, 2.24) is 19.7 Å². The molecule has 17 heavy (non-hydrogen) atoms. The van der Waals surface area contributed by atoms with Crippen LogP contribution >= 0.6 is 0 Å². The quantitative estimate of drug-likeness (QED) is 0.858. The van der Waals surface area contributed by atoms with Crippen molar-refractivity contribution in [3.8, 4) is 17.1 Å². The largest absolute Gasteiger partial charge is 0.492 e. The molecule has 0 bridgehead atoms. The lowest BCUT2D eigenvalue weighted by Crippen LogP contribution is -2.01. The highest BCUT2D eigenvalue weighted by molar-refractivity contribution is 5.60. The van der Waals surface area contributed by atoms with Gasteiger partial charge in [-0.3, -0.25) is 4.68 Å². The van der Waals surface area contributed by atoms with Crippen molar-refractivity contribution < 1.29 is 9.84 Å². The molecule has 0 aliphatic carbocycles. The zero-order valence-electron chi connectivity index (χ0n) is 10.0. The molecule has 0 spiro atoms. The molecule has 0 radical (unpaired) electrons. The van der Waals surface area contributed by atoms with Crippen LogP contribution in [-0.4, -0.2) is 32.0 Å². The lowest BCUT2D eigenvalue weighted by atomic mass is 10.2. The van der Waals surface area contributed by atoms with Crippen LogP contribution in [0, 0.1) is 6.92 Å². The molecule has 0 aliphatic rings. The molecule has 0 amide bonds. The molecule has 2 aromatic heterocycles. The van der Waals surface area contributed by atoms with Crippen molar-refractivity contribution in [2.24, 2.45) is 7.05 Å². The van der Waals surface area contributed by atoms with Crippen molar-refractivity contribution in [3.05, 3.63) is 23.8 Å². The van der Waals surface area contributed by atoms with Gasteiger partial charge in [-0.25, -0.2) is 9.97 Å². The Morgan fingerprint density at radius 3 is 2.82 bits per heavy atom. The first-order valence-corrected chi connectivity index (χ1v) is 5.16. The Hall–Kier alpha value is -1.95. The van der Waals surface area contributed by atoms with E-state index in [0.29, 0.717) is 18.0 Å². The summed E-state index contributed by atoms with van der Waals surface area (Å²) in [4.78, 5) is 8.16. The summed E-state index contributed by atoms with van der Waals surface area (Å²) in [7, 11) is 3.48. The number of aromatic hydroxyl groups is 1. The first kappa shape index (κ1) is 11.5. The molecule has 2 aromatic rings. The van der Waals surface area contributed by atoms with Gasteiger partial charge in [0.2, 0.25) is 5.88 Å². The molecule has 6 nitrogen and oxygen atoms in total. The number of nitrogens with zero attached hydrogens (tertiary/aromatic N) is 4. The summed E-state index contributed by atoms with van der Waals surface area (Å²) in [5.74, 6) is -0.0501. The van der Waals surface area contributed by atoms with Gasteiger partial charge in [-0.15, -0.1) is 0 Å². The minimum atomic E-state index is -0.0501. The molecule has 90 valence electrons. The van der Waals surface area contributed by atoms with E-state index in [-0.39, 0.29) is 5.88 Å². The Balaban J connectivity index is 2.48. The molecule has 0 aliphatic heterocycles. The number of aromatic nitrogens is 4. The second kappa shape index (κ2) is 4.50. The molecule has 0 saturated heterocycles. The summed E-state index contributed by atoms with van der Waals surface area (Å²) in [6, 6.07) is 0. The molecule has 2 rings (SSSR count). The predicted octanol–water partition coefficient (Wildman–Crippen LogP) is 1.04. The van der Waals surface area contributed by atoms with Gasteiger partial charge in [0.05, 0.1) is 36.1 Å². The molecule has 0 atom stereocenters. The Morgan fingerprint density at radius 2 is 2.18 bits per heavy atom. The van der Waals surface area contributed by atoms with Crippen LogP contribution in [0.3, 0.4) is 0 Å². The molecule has 0 aromatic carbocycles. The fourth-order valence-electron chi connectivity index (χ4n) is 1.59. The second-order valence-electron chi connectivity index (χ2n) is 3.73. The number of hydrogen-bond acceptors (Lipinski definition) is 5. The summed E-state index contributed by atoms with van der Waals surface area (Å²) in [5, 5.41) is 13.5. The van der Waals surface area contributed by atoms with Crippen LogP contribution in [0.5, 0.6) is 5.88 Å². The van der Waals surface area contributed by atoms with Gasteiger partial charge in [-0.05, 0) is 6.92 Å². The highest BCUT2D eigenvalue weighted by Gasteiger charge is 2.13. The monoisotopic (exact) mass is 234 g/mol. The second-order valence-corrected chi connectivity index (χ2v) is 3.73. The normalized spacial score (nSPS) is 10.8. The third-order valence-electron chi connectivity index (χ3n) is 2.54. The Morgan fingerprint density at radius 1 is 1.41 bits per heavy atom. The van der Waals surface area contributed by atoms with Crippen molar-refractivity contribution in [2.45, 2.75) is 13.5 Å². The maximum absolute atomic E-state index is 9.35. The number of hydrogen-bond donors (Lipinski definition) is 1. The first-order chi connectivity index (χ1) is 8.13. The lowest BCUT2D eigenvalue weighted by molar-refractivity contribution is 0.178. The predicted molar refractivity (Wildman–Crippen MR) is 61.3 cm³/mol. The highest BCUT2D eigenvalue weighted by atomic mass is 16.5. The van der Waals surface area contributed by atoms with E-state index in [4.69, 9.17) is 4.74 Å². The Bertz CT molecular complexity index is 536. The summed E-state index contributed by atoms with van der Waals surface area (Å²) in [5.41, 5.74) is 2.96. The number of rotatable bonds is 3. The van der Waals surface area contributed by atoms with Crippen molar-refractivity contribution in [2.75, 3.05) is 7.11 Å². The topological polar surface area (TPSA) is 73.1 Å². The fourth-order valence-corrected chi connectivity index (χ4v) is 1.59. The minimum absolute atomic E-state index is 0.0501. The van der Waals surface area contributed by atoms with E-state index in [1.165, 1.54) is 6.20 Å². The van der Waals surface area contributed by atoms with Crippen LogP contribution < -0.4 is 0 Å². The summed E-state index contributed by atoms with van der Waals surface area (Å²) in [6.45, 7) is 2.16. The standard InChI is InChI=1S/C11H14N4O2/c1-7-11(16)12-5-9(14-7)8-4-13-15(2)10(8)6-17-3/h4-5H,6H2,1-3H3,(H,12,16). The van der Waals surface area contributed by atoms with Crippen LogP contribution in [0.25, 0.3) is 11.3 Å². The molecule has 2 heterocycles. The van der Waals surface area contributed by atoms with E-state index < -0.39 is 0 Å². The van der Waals surface area contributed by atoms with E-state index in [1.807, 2.05) is 7.05 Å². The lowest BCUT2D eigenvalue weighted by Gasteiger charge is -2.05. The SMILES string of the molecule is COCc1c(-c2cnc(O)c(C)n2)cnn1C. The zero-order valence-corrected chi connectivity index (χ0v) is 10.0. The van der Waals surface area contributed by atoms with Crippen molar-refractivity contribution >= 4 is 0 Å². The van der Waals surface area contributed by atoms with E-state index in [1.54, 1.807) is 24.9 Å². The van der Waals surface area contributed by atoms with E-state index >= 15 is 0 Å². The Kier molecular flexibility index (Phi) is 3.06. The third-order valence-corrected chi connectivity index (χ3v) is 2.54. The summed E-state index contributed by atoms with van der Waals surface area (Å²) in [6.07, 6.45) is 3.24. The van der Waals surface area contributed by atoms with E-state index in [0.717, 1.165) is 11.3 Å². The first-order valence-electron chi connectivity index (χ1n) is 5.16. The molecule has 0 fully saturated rings. The van der Waals surface area contributed by atoms with Gasteiger partial charge in [0.1, 0.15) is 0 Å². The van der Waals surface area contributed by atoms with Gasteiger partial charge in [0.25, 0.3) is 0 Å². The van der Waals surface area contributed by atoms with E-state index in [9.17, 15) is 5.11 Å². The smallest absolute Gasteiger partial charge is 0.232 e. The summed E-state index contributed by atoms with van der Waals surface area (Å²) < 4.78 is 6.86. The van der Waals surface area contributed by atoms with Gasteiger partial charge < -0.3 is 9.84 Å². The fraction of sp³-hybridized carbons (Fsp3) is 0.364. The third kappa shape index (κ3) is 2.12. The van der Waals surface area contributed by atoms with Gasteiger partial charge in [-0.2, -0.15) is 5.10 Å². The average molecular weight is 234 g/mol. The number of ether oxygens (including phenoxy) is 1. The van der Waals surface area contributed by atoms with Gasteiger partial charge in [-0.1, -0.05) is 0 Å². The number of methoxy groups -OCH3 is 1. The van der Waals surface area contributed by atoms with Gasteiger partial charge >= 0.3 is 0 Å². The van der Waals surface area contributed by atoms with Crippen LogP contribution in [0.4, 0.5) is 0 Å². The number of aryl methyl sites for hydroxylation is 2.